The van der Waals surface area contributed by atoms with Crippen LogP contribution in [0.3, 0.4) is 0 Å². The number of carboxylic acids is 1. The lowest BCUT2D eigenvalue weighted by molar-refractivity contribution is -0.385. The number of benzene rings is 1. The van der Waals surface area contributed by atoms with Crippen LogP contribution in [-0.4, -0.2) is 34.0 Å². The van der Waals surface area contributed by atoms with Gasteiger partial charge in [0.05, 0.1) is 10.3 Å². The average molecular weight is 361 g/mol. The fourth-order valence-electron chi connectivity index (χ4n) is 3.94. The first-order valence-corrected chi connectivity index (χ1v) is 7.69. The van der Waals surface area contributed by atoms with Crippen molar-refractivity contribution in [1.29, 1.82) is 0 Å². The van der Waals surface area contributed by atoms with E-state index in [1.807, 2.05) is 4.90 Å². The second-order valence-corrected chi connectivity index (χ2v) is 6.69. The zero-order valence-corrected chi connectivity index (χ0v) is 14.0. The Kier molecular flexibility index (Phi) is 5.18. The Morgan fingerprint density at radius 2 is 2.26 bits per heavy atom. The van der Waals surface area contributed by atoms with Crippen molar-refractivity contribution in [2.45, 2.75) is 25.8 Å². The summed E-state index contributed by atoms with van der Waals surface area (Å²) in [7, 11) is 0. The molecule has 3 rings (SSSR count). The number of carbonyl (C=O) groups is 1. The molecule has 0 amide bonds. The molecule has 2 aliphatic rings. The van der Waals surface area contributed by atoms with E-state index in [2.05, 4.69) is 0 Å². The minimum absolute atomic E-state index is 0. The minimum Gasteiger partial charge on any atom is -0.481 e. The maximum absolute atomic E-state index is 11.7. The van der Waals surface area contributed by atoms with Crippen molar-refractivity contribution in [1.82, 2.24) is 4.90 Å². The molecule has 1 aliphatic heterocycles. The van der Waals surface area contributed by atoms with Crippen molar-refractivity contribution in [2.24, 2.45) is 11.3 Å². The van der Waals surface area contributed by atoms with Crippen molar-refractivity contribution in [2.75, 3.05) is 13.1 Å². The topological polar surface area (TPSA) is 83.7 Å². The number of nitro benzene ring substituents is 1. The monoisotopic (exact) mass is 360 g/mol. The Morgan fingerprint density at radius 1 is 1.52 bits per heavy atom. The van der Waals surface area contributed by atoms with Gasteiger partial charge in [0.25, 0.3) is 5.69 Å². The summed E-state index contributed by atoms with van der Waals surface area (Å²) >= 11 is 5.82. The molecule has 23 heavy (non-hydrogen) atoms. The molecule has 0 spiro atoms. The lowest BCUT2D eigenvalue weighted by Crippen LogP contribution is -2.35. The van der Waals surface area contributed by atoms with Crippen LogP contribution in [0.5, 0.6) is 0 Å². The van der Waals surface area contributed by atoms with E-state index in [1.165, 1.54) is 6.07 Å². The predicted molar refractivity (Wildman–Crippen MR) is 88.0 cm³/mol. The number of fused-ring (bicyclic) bond motifs is 1. The lowest BCUT2D eigenvalue weighted by atomic mass is 9.81. The van der Waals surface area contributed by atoms with Gasteiger partial charge in [-0.1, -0.05) is 18.0 Å². The molecule has 1 aromatic carbocycles. The molecule has 1 N–H and O–H groups in total. The highest BCUT2D eigenvalue weighted by molar-refractivity contribution is 6.30. The Labute approximate surface area is 145 Å². The van der Waals surface area contributed by atoms with Crippen LogP contribution in [-0.2, 0) is 11.3 Å². The third-order valence-corrected chi connectivity index (χ3v) is 5.24. The van der Waals surface area contributed by atoms with E-state index in [-0.39, 0.29) is 24.0 Å². The molecule has 0 unspecified atom stereocenters. The maximum atomic E-state index is 11.7. The maximum Gasteiger partial charge on any atom is 0.311 e. The van der Waals surface area contributed by atoms with Gasteiger partial charge >= 0.3 is 5.97 Å². The fourth-order valence-corrected chi connectivity index (χ4v) is 4.11. The standard InChI is InChI=1S/C15H17ClN2O4.ClH/c16-12-4-3-10(13(6-12)18(21)22)7-17-8-11-2-1-5-15(11,9-17)14(19)20;/h3-4,6,11H,1-2,5,7-9H2,(H,19,20);1H/t11-,15+;/m0./s1. The lowest BCUT2D eigenvalue weighted by Gasteiger charge is -2.23. The van der Waals surface area contributed by atoms with Crippen LogP contribution in [0.1, 0.15) is 24.8 Å². The average Bonchev–Trinajstić information content (AvgIpc) is 2.98. The molecule has 1 aromatic rings. The zero-order valence-electron chi connectivity index (χ0n) is 12.4. The molecule has 1 saturated carbocycles. The summed E-state index contributed by atoms with van der Waals surface area (Å²) in [5.74, 6) is -0.584. The molecule has 6 nitrogen and oxygen atoms in total. The number of rotatable bonds is 4. The predicted octanol–water partition coefficient (Wildman–Crippen LogP) is 3.36. The van der Waals surface area contributed by atoms with Crippen molar-refractivity contribution in [3.8, 4) is 0 Å². The fraction of sp³-hybridized carbons (Fsp3) is 0.533. The van der Waals surface area contributed by atoms with Gasteiger partial charge in [-0.05, 0) is 30.9 Å². The largest absolute Gasteiger partial charge is 0.481 e. The highest BCUT2D eigenvalue weighted by Gasteiger charge is 2.54. The van der Waals surface area contributed by atoms with E-state index in [1.54, 1.807) is 12.1 Å². The SMILES string of the molecule is Cl.O=C(O)[C@@]12CCC[C@H]1CN(Cc1ccc(Cl)cc1[N+](=O)[O-])C2. The molecule has 2 atom stereocenters. The van der Waals surface area contributed by atoms with Gasteiger partial charge in [-0.2, -0.15) is 0 Å². The smallest absolute Gasteiger partial charge is 0.311 e. The number of nitro groups is 1. The Bertz CT molecular complexity index is 640. The van der Waals surface area contributed by atoms with Gasteiger partial charge in [0.15, 0.2) is 0 Å². The van der Waals surface area contributed by atoms with E-state index < -0.39 is 16.3 Å². The Balaban J connectivity index is 0.00000192. The van der Waals surface area contributed by atoms with Crippen molar-refractivity contribution in [3.63, 3.8) is 0 Å². The Hall–Kier alpha value is -1.37. The zero-order chi connectivity index (χ0) is 15.9. The number of nitrogens with zero attached hydrogens (tertiary/aromatic N) is 2. The highest BCUT2D eigenvalue weighted by atomic mass is 35.5. The summed E-state index contributed by atoms with van der Waals surface area (Å²) in [6.45, 7) is 1.54. The molecule has 126 valence electrons. The number of carboxylic acid groups (broad SMARTS) is 1. The number of hydrogen-bond acceptors (Lipinski definition) is 4. The number of likely N-dealkylation sites (tertiary alicyclic amines) is 1. The van der Waals surface area contributed by atoms with E-state index in [9.17, 15) is 20.0 Å². The number of aliphatic carboxylic acids is 1. The van der Waals surface area contributed by atoms with Crippen molar-refractivity contribution < 1.29 is 14.8 Å². The normalized spacial score (nSPS) is 26.6. The molecule has 1 saturated heterocycles. The molecular weight excluding hydrogens is 343 g/mol. The van der Waals surface area contributed by atoms with Gasteiger partial charge < -0.3 is 5.11 Å². The quantitative estimate of drug-likeness (QED) is 0.657. The van der Waals surface area contributed by atoms with Crippen LogP contribution in [0.2, 0.25) is 5.02 Å². The first kappa shape index (κ1) is 18.0. The van der Waals surface area contributed by atoms with Crippen LogP contribution in [0.25, 0.3) is 0 Å². The van der Waals surface area contributed by atoms with E-state index >= 15 is 0 Å². The van der Waals surface area contributed by atoms with Gasteiger partial charge in [-0.25, -0.2) is 0 Å². The molecule has 2 fully saturated rings. The van der Waals surface area contributed by atoms with Gasteiger partial charge in [-0.3, -0.25) is 19.8 Å². The van der Waals surface area contributed by atoms with Gasteiger partial charge in [0.1, 0.15) is 0 Å². The molecule has 0 aromatic heterocycles. The van der Waals surface area contributed by atoms with Crippen LogP contribution in [0, 0.1) is 21.4 Å². The second-order valence-electron chi connectivity index (χ2n) is 6.25. The minimum atomic E-state index is -0.733. The molecular formula is C15H18Cl2N2O4. The Morgan fingerprint density at radius 3 is 2.87 bits per heavy atom. The second kappa shape index (κ2) is 6.63. The molecule has 1 aliphatic carbocycles. The summed E-state index contributed by atoms with van der Waals surface area (Å²) < 4.78 is 0. The summed E-state index contributed by atoms with van der Waals surface area (Å²) in [6, 6.07) is 4.64. The number of halogens is 2. The number of hydrogen-bond donors (Lipinski definition) is 1. The molecule has 1 heterocycles. The van der Waals surface area contributed by atoms with E-state index in [0.29, 0.717) is 36.6 Å². The molecule has 8 heteroatoms. The van der Waals surface area contributed by atoms with E-state index in [0.717, 1.165) is 12.8 Å². The highest BCUT2D eigenvalue weighted by Crippen LogP contribution is 2.49. The van der Waals surface area contributed by atoms with Gasteiger partial charge in [-0.15, -0.1) is 12.4 Å². The third kappa shape index (κ3) is 3.16. The van der Waals surface area contributed by atoms with Crippen LogP contribution < -0.4 is 0 Å². The molecule has 0 bridgehead atoms. The summed E-state index contributed by atoms with van der Waals surface area (Å²) in [6.07, 6.45) is 2.57. The van der Waals surface area contributed by atoms with Crippen molar-refractivity contribution >= 4 is 35.7 Å². The third-order valence-electron chi connectivity index (χ3n) is 5.01. The van der Waals surface area contributed by atoms with Crippen LogP contribution >= 0.6 is 24.0 Å². The van der Waals surface area contributed by atoms with Crippen LogP contribution in [0.15, 0.2) is 18.2 Å². The van der Waals surface area contributed by atoms with E-state index in [4.69, 9.17) is 11.6 Å². The first-order valence-electron chi connectivity index (χ1n) is 7.31. The van der Waals surface area contributed by atoms with Gasteiger partial charge in [0, 0.05) is 36.3 Å². The summed E-state index contributed by atoms with van der Waals surface area (Å²) in [4.78, 5) is 24.4. The van der Waals surface area contributed by atoms with Crippen molar-refractivity contribution in [3.05, 3.63) is 38.9 Å². The van der Waals surface area contributed by atoms with Crippen LogP contribution in [0.4, 0.5) is 5.69 Å². The molecule has 0 radical (unpaired) electrons. The van der Waals surface area contributed by atoms with Gasteiger partial charge in [0.2, 0.25) is 0 Å². The summed E-state index contributed by atoms with van der Waals surface area (Å²) in [5, 5.41) is 21.1. The summed E-state index contributed by atoms with van der Waals surface area (Å²) in [5.41, 5.74) is -0.0925. The first-order chi connectivity index (χ1) is 10.4.